The Bertz CT molecular complexity index is 352. The molecule has 2 rings (SSSR count). The smallest absolute Gasteiger partial charge is 0.163 e. The molecule has 1 fully saturated rings. The van der Waals surface area contributed by atoms with Crippen molar-refractivity contribution in [1.82, 2.24) is 4.90 Å². The summed E-state index contributed by atoms with van der Waals surface area (Å²) in [6.45, 7) is 1.94. The number of hydrogen-bond donors (Lipinski definition) is 1. The molecule has 2 nitrogen and oxygen atoms in total. The van der Waals surface area contributed by atoms with Gasteiger partial charge in [0.15, 0.2) is 11.6 Å². The largest absolute Gasteiger partial charge is 0.329 e. The van der Waals surface area contributed by atoms with Crippen molar-refractivity contribution >= 4 is 0 Å². The molecule has 1 heterocycles. The molecule has 2 N–H and O–H groups in total. The van der Waals surface area contributed by atoms with Crippen molar-refractivity contribution in [1.29, 1.82) is 0 Å². The van der Waals surface area contributed by atoms with Gasteiger partial charge in [-0.05, 0) is 12.5 Å². The highest BCUT2D eigenvalue weighted by Crippen LogP contribution is 2.21. The summed E-state index contributed by atoms with van der Waals surface area (Å²) in [6.07, 6.45) is 1.05. The molecule has 1 saturated heterocycles. The first-order valence-corrected chi connectivity index (χ1v) is 5.09. The second-order valence-corrected chi connectivity index (χ2v) is 3.86. The molecule has 0 radical (unpaired) electrons. The Kier molecular flexibility index (Phi) is 2.98. The van der Waals surface area contributed by atoms with Crippen molar-refractivity contribution in [3.05, 3.63) is 35.4 Å². The van der Waals surface area contributed by atoms with Crippen LogP contribution in [-0.4, -0.2) is 24.0 Å². The van der Waals surface area contributed by atoms with Crippen LogP contribution in [0.2, 0.25) is 0 Å². The monoisotopic (exact) mass is 212 g/mol. The minimum absolute atomic E-state index is 0.327. The van der Waals surface area contributed by atoms with Crippen molar-refractivity contribution in [3.63, 3.8) is 0 Å². The van der Waals surface area contributed by atoms with Gasteiger partial charge in [0.1, 0.15) is 0 Å². The van der Waals surface area contributed by atoms with E-state index < -0.39 is 11.6 Å². The van der Waals surface area contributed by atoms with Gasteiger partial charge in [-0.25, -0.2) is 8.78 Å². The van der Waals surface area contributed by atoms with E-state index in [-0.39, 0.29) is 0 Å². The number of likely N-dealkylation sites (tertiary alicyclic amines) is 1. The third kappa shape index (κ3) is 2.01. The van der Waals surface area contributed by atoms with E-state index in [0.717, 1.165) is 19.0 Å². The van der Waals surface area contributed by atoms with Gasteiger partial charge in [0.05, 0.1) is 0 Å². The lowest BCUT2D eigenvalue weighted by Crippen LogP contribution is -2.51. The average Bonchev–Trinajstić information content (AvgIpc) is 2.19. The van der Waals surface area contributed by atoms with Crippen LogP contribution in [0, 0.1) is 11.6 Å². The predicted molar refractivity (Wildman–Crippen MR) is 54.2 cm³/mol. The van der Waals surface area contributed by atoms with E-state index in [2.05, 4.69) is 4.90 Å². The van der Waals surface area contributed by atoms with Gasteiger partial charge in [0.2, 0.25) is 0 Å². The van der Waals surface area contributed by atoms with E-state index in [1.165, 1.54) is 6.07 Å². The second-order valence-electron chi connectivity index (χ2n) is 3.86. The van der Waals surface area contributed by atoms with Crippen molar-refractivity contribution < 1.29 is 8.78 Å². The van der Waals surface area contributed by atoms with Crippen molar-refractivity contribution in [2.75, 3.05) is 13.1 Å². The third-order valence-corrected chi connectivity index (χ3v) is 2.94. The lowest BCUT2D eigenvalue weighted by Gasteiger charge is -2.40. The predicted octanol–water partition coefficient (Wildman–Crippen LogP) is 1.50. The lowest BCUT2D eigenvalue weighted by molar-refractivity contribution is 0.0866. The van der Waals surface area contributed by atoms with Crippen LogP contribution in [0.15, 0.2) is 18.2 Å². The van der Waals surface area contributed by atoms with Crippen LogP contribution < -0.4 is 5.73 Å². The fraction of sp³-hybridized carbons (Fsp3) is 0.455. The summed E-state index contributed by atoms with van der Waals surface area (Å²) < 4.78 is 26.2. The quantitative estimate of drug-likeness (QED) is 0.822. The van der Waals surface area contributed by atoms with Gasteiger partial charge in [0.25, 0.3) is 0 Å². The summed E-state index contributed by atoms with van der Waals surface area (Å²) in [7, 11) is 0. The molecule has 0 saturated carbocycles. The van der Waals surface area contributed by atoms with Gasteiger partial charge >= 0.3 is 0 Å². The van der Waals surface area contributed by atoms with E-state index in [0.29, 0.717) is 24.7 Å². The molecule has 1 unspecified atom stereocenters. The Balaban J connectivity index is 2.08. The summed E-state index contributed by atoms with van der Waals surface area (Å²) in [5.74, 6) is -1.52. The molecule has 15 heavy (non-hydrogen) atoms. The molecule has 0 spiro atoms. The van der Waals surface area contributed by atoms with Gasteiger partial charge in [0, 0.05) is 31.2 Å². The van der Waals surface area contributed by atoms with Crippen LogP contribution in [-0.2, 0) is 6.54 Å². The van der Waals surface area contributed by atoms with Gasteiger partial charge < -0.3 is 5.73 Å². The minimum atomic E-state index is -0.780. The zero-order valence-electron chi connectivity index (χ0n) is 8.42. The van der Waals surface area contributed by atoms with Gasteiger partial charge in [-0.3, -0.25) is 4.90 Å². The highest BCUT2D eigenvalue weighted by Gasteiger charge is 2.27. The Morgan fingerprint density at radius 1 is 1.40 bits per heavy atom. The maximum Gasteiger partial charge on any atom is 0.163 e. The number of benzene rings is 1. The van der Waals surface area contributed by atoms with E-state index >= 15 is 0 Å². The van der Waals surface area contributed by atoms with E-state index in [1.807, 2.05) is 0 Å². The van der Waals surface area contributed by atoms with E-state index in [4.69, 9.17) is 5.73 Å². The Morgan fingerprint density at radius 3 is 2.80 bits per heavy atom. The molecule has 82 valence electrons. The maximum absolute atomic E-state index is 13.3. The van der Waals surface area contributed by atoms with E-state index in [1.54, 1.807) is 6.07 Å². The summed E-state index contributed by atoms with van der Waals surface area (Å²) in [5.41, 5.74) is 5.95. The SMILES string of the molecule is NCC1CCN1Cc1cccc(F)c1F. The van der Waals surface area contributed by atoms with Crippen molar-refractivity contribution in [2.45, 2.75) is 19.0 Å². The molecular weight excluding hydrogens is 198 g/mol. The molecule has 1 atom stereocenters. The number of nitrogens with zero attached hydrogens (tertiary/aromatic N) is 1. The first-order valence-electron chi connectivity index (χ1n) is 5.09. The average molecular weight is 212 g/mol. The fourth-order valence-corrected chi connectivity index (χ4v) is 1.86. The van der Waals surface area contributed by atoms with Gasteiger partial charge in [-0.1, -0.05) is 12.1 Å². The summed E-state index contributed by atoms with van der Waals surface area (Å²) >= 11 is 0. The molecule has 1 aromatic rings. The van der Waals surface area contributed by atoms with Gasteiger partial charge in [-0.2, -0.15) is 0 Å². The fourth-order valence-electron chi connectivity index (χ4n) is 1.86. The molecule has 1 aliphatic rings. The first-order chi connectivity index (χ1) is 7.22. The zero-order chi connectivity index (χ0) is 10.8. The third-order valence-electron chi connectivity index (χ3n) is 2.94. The summed E-state index contributed by atoms with van der Waals surface area (Å²) in [4.78, 5) is 2.07. The van der Waals surface area contributed by atoms with Crippen LogP contribution in [0.1, 0.15) is 12.0 Å². The molecular formula is C11H14F2N2. The minimum Gasteiger partial charge on any atom is -0.329 e. The number of rotatable bonds is 3. The molecule has 0 aromatic heterocycles. The molecule has 0 amide bonds. The number of nitrogens with two attached hydrogens (primary N) is 1. The lowest BCUT2D eigenvalue weighted by atomic mass is 10.0. The Morgan fingerprint density at radius 2 is 2.20 bits per heavy atom. The zero-order valence-corrected chi connectivity index (χ0v) is 8.42. The molecule has 0 aliphatic carbocycles. The van der Waals surface area contributed by atoms with E-state index in [9.17, 15) is 8.78 Å². The highest BCUT2D eigenvalue weighted by molar-refractivity contribution is 5.19. The normalized spacial score (nSPS) is 21.4. The Labute approximate surface area is 87.7 Å². The van der Waals surface area contributed by atoms with Gasteiger partial charge in [-0.15, -0.1) is 0 Å². The number of hydrogen-bond acceptors (Lipinski definition) is 2. The van der Waals surface area contributed by atoms with Crippen LogP contribution >= 0.6 is 0 Å². The standard InChI is InChI=1S/C11H14F2N2/c12-10-3-1-2-8(11(10)13)7-15-5-4-9(15)6-14/h1-3,9H,4-7,14H2. The molecule has 4 heteroatoms. The van der Waals surface area contributed by atoms with Crippen LogP contribution in [0.4, 0.5) is 8.78 Å². The molecule has 1 aromatic carbocycles. The van der Waals surface area contributed by atoms with Crippen LogP contribution in [0.25, 0.3) is 0 Å². The summed E-state index contributed by atoms with van der Waals surface area (Å²) in [5, 5.41) is 0. The molecule has 1 aliphatic heterocycles. The van der Waals surface area contributed by atoms with Crippen molar-refractivity contribution in [3.8, 4) is 0 Å². The summed E-state index contributed by atoms with van der Waals surface area (Å²) in [6, 6.07) is 4.61. The second kappa shape index (κ2) is 4.24. The maximum atomic E-state index is 13.3. The topological polar surface area (TPSA) is 29.3 Å². The van der Waals surface area contributed by atoms with Crippen molar-refractivity contribution in [2.24, 2.45) is 5.73 Å². The Hall–Kier alpha value is -1.00. The van der Waals surface area contributed by atoms with Crippen LogP contribution in [0.5, 0.6) is 0 Å². The first kappa shape index (κ1) is 10.5. The number of halogens is 2. The highest BCUT2D eigenvalue weighted by atomic mass is 19.2. The molecule has 0 bridgehead atoms. The van der Waals surface area contributed by atoms with Crippen LogP contribution in [0.3, 0.4) is 0 Å².